The Morgan fingerprint density at radius 2 is 2.45 bits per heavy atom. The molecular formula is C5H10N4O2. The number of hydrogen-bond donors (Lipinski definition) is 3. The van der Waals surface area contributed by atoms with Crippen LogP contribution in [-0.2, 0) is 0 Å². The molecule has 3 atom stereocenters. The van der Waals surface area contributed by atoms with Gasteiger partial charge in [-0.3, -0.25) is 0 Å². The molecule has 0 saturated carbocycles. The molecule has 1 aliphatic rings. The van der Waals surface area contributed by atoms with Crippen LogP contribution in [0.3, 0.4) is 0 Å². The molecule has 0 bridgehead atoms. The van der Waals surface area contributed by atoms with Crippen LogP contribution in [-0.4, -0.2) is 41.6 Å². The van der Waals surface area contributed by atoms with E-state index in [4.69, 9.17) is 10.6 Å². The molecule has 0 aromatic heterocycles. The summed E-state index contributed by atoms with van der Waals surface area (Å²) in [5.74, 6) is 0. The van der Waals surface area contributed by atoms with Gasteiger partial charge in [0.25, 0.3) is 0 Å². The Balaban J connectivity index is 2.54. The summed E-state index contributed by atoms with van der Waals surface area (Å²) >= 11 is 0. The lowest BCUT2D eigenvalue weighted by molar-refractivity contribution is 0.111. The van der Waals surface area contributed by atoms with E-state index in [1.165, 1.54) is 0 Å². The van der Waals surface area contributed by atoms with Crippen molar-refractivity contribution in [2.45, 2.75) is 18.2 Å². The monoisotopic (exact) mass is 158 g/mol. The highest BCUT2D eigenvalue weighted by molar-refractivity contribution is 4.94. The summed E-state index contributed by atoms with van der Waals surface area (Å²) in [7, 11) is 0. The van der Waals surface area contributed by atoms with Gasteiger partial charge < -0.3 is 15.5 Å². The number of nitrogens with one attached hydrogen (secondary N) is 1. The predicted molar refractivity (Wildman–Crippen MR) is 37.8 cm³/mol. The lowest BCUT2D eigenvalue weighted by atomic mass is 10.1. The molecule has 1 fully saturated rings. The maximum Gasteiger partial charge on any atom is 0.0812 e. The Morgan fingerprint density at radius 1 is 1.73 bits per heavy atom. The van der Waals surface area contributed by atoms with Crippen LogP contribution in [0.2, 0.25) is 0 Å². The highest BCUT2D eigenvalue weighted by atomic mass is 16.3. The maximum atomic E-state index is 9.29. The predicted octanol–water partition coefficient (Wildman–Crippen LogP) is -1.01. The minimum atomic E-state index is -0.768. The van der Waals surface area contributed by atoms with E-state index in [0.717, 1.165) is 0 Å². The van der Waals surface area contributed by atoms with E-state index in [1.54, 1.807) is 0 Å². The van der Waals surface area contributed by atoms with Crippen LogP contribution in [0, 0.1) is 0 Å². The summed E-state index contributed by atoms with van der Waals surface area (Å²) < 4.78 is 0. The van der Waals surface area contributed by atoms with Crippen molar-refractivity contribution in [3.63, 3.8) is 0 Å². The van der Waals surface area contributed by atoms with Gasteiger partial charge in [-0.2, -0.15) is 0 Å². The molecule has 1 aliphatic heterocycles. The quantitative estimate of drug-likeness (QED) is 0.272. The molecule has 3 N–H and O–H groups in total. The Morgan fingerprint density at radius 3 is 2.91 bits per heavy atom. The van der Waals surface area contributed by atoms with E-state index in [9.17, 15) is 5.11 Å². The van der Waals surface area contributed by atoms with Gasteiger partial charge in [0.1, 0.15) is 0 Å². The summed E-state index contributed by atoms with van der Waals surface area (Å²) in [4.78, 5) is 2.58. The molecule has 0 aliphatic carbocycles. The van der Waals surface area contributed by atoms with Crippen molar-refractivity contribution < 1.29 is 10.2 Å². The fourth-order valence-electron chi connectivity index (χ4n) is 1.13. The molecule has 11 heavy (non-hydrogen) atoms. The molecular weight excluding hydrogens is 148 g/mol. The standard InChI is InChI=1S/C5H10N4O2/c6-9-8-3-1-7-4(2-10)5(3)11/h3-5,7,10-11H,1-2H2. The zero-order valence-electron chi connectivity index (χ0n) is 5.88. The molecule has 6 heteroatoms. The number of rotatable bonds is 2. The summed E-state index contributed by atoms with van der Waals surface area (Å²) in [6.45, 7) is 0.287. The van der Waals surface area contributed by atoms with Crippen molar-refractivity contribution in [3.05, 3.63) is 10.4 Å². The van der Waals surface area contributed by atoms with Crippen LogP contribution in [0.4, 0.5) is 0 Å². The van der Waals surface area contributed by atoms with Crippen LogP contribution in [0.25, 0.3) is 10.4 Å². The first-order valence-corrected chi connectivity index (χ1v) is 3.36. The third kappa shape index (κ3) is 1.61. The van der Waals surface area contributed by atoms with Gasteiger partial charge in [0.2, 0.25) is 0 Å². The second-order valence-electron chi connectivity index (χ2n) is 2.46. The summed E-state index contributed by atoms with van der Waals surface area (Å²) in [5.41, 5.74) is 8.06. The molecule has 62 valence electrons. The van der Waals surface area contributed by atoms with Gasteiger partial charge in [0.05, 0.1) is 24.8 Å². The minimum absolute atomic E-state index is 0.140. The van der Waals surface area contributed by atoms with Gasteiger partial charge >= 0.3 is 0 Å². The topological polar surface area (TPSA) is 101 Å². The summed E-state index contributed by atoms with van der Waals surface area (Å²) in [6.07, 6.45) is -0.768. The van der Waals surface area contributed by atoms with Crippen molar-refractivity contribution in [3.8, 4) is 0 Å². The van der Waals surface area contributed by atoms with E-state index in [-0.39, 0.29) is 12.6 Å². The highest BCUT2D eigenvalue weighted by Gasteiger charge is 2.32. The van der Waals surface area contributed by atoms with Crippen LogP contribution in [0.1, 0.15) is 0 Å². The fourth-order valence-corrected chi connectivity index (χ4v) is 1.13. The average molecular weight is 158 g/mol. The summed E-state index contributed by atoms with van der Waals surface area (Å²) in [5, 5.41) is 24.1. The molecule has 1 saturated heterocycles. The van der Waals surface area contributed by atoms with Gasteiger partial charge in [-0.15, -0.1) is 0 Å². The lowest BCUT2D eigenvalue weighted by Crippen LogP contribution is -2.35. The summed E-state index contributed by atoms with van der Waals surface area (Å²) in [6, 6.07) is -0.803. The van der Waals surface area contributed by atoms with Crippen LogP contribution in [0.15, 0.2) is 5.11 Å². The van der Waals surface area contributed by atoms with E-state index >= 15 is 0 Å². The first kappa shape index (κ1) is 8.29. The highest BCUT2D eigenvalue weighted by Crippen LogP contribution is 2.10. The average Bonchev–Trinajstić information content (AvgIpc) is 2.34. The number of aliphatic hydroxyl groups is 2. The van der Waals surface area contributed by atoms with Crippen molar-refractivity contribution in [1.82, 2.24) is 5.32 Å². The number of hydrogen-bond acceptors (Lipinski definition) is 4. The van der Waals surface area contributed by atoms with E-state index in [1.807, 2.05) is 0 Å². The normalized spacial score (nSPS) is 36.7. The van der Waals surface area contributed by atoms with Crippen molar-refractivity contribution in [2.75, 3.05) is 13.2 Å². The number of azide groups is 1. The molecule has 0 spiro atoms. The molecule has 1 rings (SSSR count). The van der Waals surface area contributed by atoms with E-state index in [0.29, 0.717) is 6.54 Å². The largest absolute Gasteiger partial charge is 0.395 e. The molecule has 3 unspecified atom stereocenters. The van der Waals surface area contributed by atoms with Gasteiger partial charge in [0, 0.05) is 11.5 Å². The van der Waals surface area contributed by atoms with Crippen LogP contribution < -0.4 is 5.32 Å². The zero-order chi connectivity index (χ0) is 8.27. The Bertz CT molecular complexity index is 179. The Labute approximate surface area is 63.5 Å². The van der Waals surface area contributed by atoms with Crippen molar-refractivity contribution in [1.29, 1.82) is 0 Å². The van der Waals surface area contributed by atoms with E-state index < -0.39 is 12.1 Å². The fraction of sp³-hybridized carbons (Fsp3) is 1.00. The van der Waals surface area contributed by atoms with E-state index in [2.05, 4.69) is 15.3 Å². The molecule has 0 aromatic carbocycles. The SMILES string of the molecule is [N-]=[N+]=NC1CNC(CO)C1O. The number of aliphatic hydroxyl groups excluding tert-OH is 2. The molecule has 6 nitrogen and oxygen atoms in total. The first-order valence-electron chi connectivity index (χ1n) is 3.36. The van der Waals surface area contributed by atoms with Crippen molar-refractivity contribution >= 4 is 0 Å². The lowest BCUT2D eigenvalue weighted by Gasteiger charge is -2.12. The van der Waals surface area contributed by atoms with Gasteiger partial charge in [-0.1, -0.05) is 5.11 Å². The minimum Gasteiger partial charge on any atom is -0.395 e. The second kappa shape index (κ2) is 3.54. The van der Waals surface area contributed by atoms with Gasteiger partial charge in [-0.05, 0) is 5.53 Å². The van der Waals surface area contributed by atoms with Crippen LogP contribution >= 0.6 is 0 Å². The Hall–Kier alpha value is -0.810. The smallest absolute Gasteiger partial charge is 0.0812 e. The Kier molecular flexibility index (Phi) is 2.67. The zero-order valence-corrected chi connectivity index (χ0v) is 5.88. The third-order valence-electron chi connectivity index (χ3n) is 1.79. The number of nitrogens with zero attached hydrogens (tertiary/aromatic N) is 3. The van der Waals surface area contributed by atoms with Gasteiger partial charge in [0.15, 0.2) is 0 Å². The maximum absolute atomic E-state index is 9.29. The van der Waals surface area contributed by atoms with Crippen LogP contribution in [0.5, 0.6) is 0 Å². The second-order valence-corrected chi connectivity index (χ2v) is 2.46. The van der Waals surface area contributed by atoms with Gasteiger partial charge in [-0.25, -0.2) is 0 Å². The molecule has 0 aromatic rings. The first-order chi connectivity index (χ1) is 5.29. The molecule has 0 radical (unpaired) electrons. The van der Waals surface area contributed by atoms with Crippen molar-refractivity contribution in [2.24, 2.45) is 5.11 Å². The molecule has 1 heterocycles. The third-order valence-corrected chi connectivity index (χ3v) is 1.79. The molecule has 0 amide bonds.